The van der Waals surface area contributed by atoms with Crippen LogP contribution in [0.15, 0.2) is 36.4 Å². The first kappa shape index (κ1) is 13.1. The molecule has 2 N–H and O–H groups in total. The Balaban J connectivity index is 2.19. The molecule has 0 saturated carbocycles. The lowest BCUT2D eigenvalue weighted by Crippen LogP contribution is -2.18. The zero-order valence-electron chi connectivity index (χ0n) is 10.5. The fourth-order valence-electron chi connectivity index (χ4n) is 1.85. The SMILES string of the molecule is Cc1cccc(CN(C)c2ccc(N)cc2I)n1. The number of nitrogens with zero attached hydrogens (tertiary/aromatic N) is 2. The molecule has 2 aromatic rings. The molecule has 0 aliphatic carbocycles. The maximum Gasteiger partial charge on any atom is 0.0600 e. The van der Waals surface area contributed by atoms with E-state index in [1.54, 1.807) is 0 Å². The van der Waals surface area contributed by atoms with Gasteiger partial charge in [0.15, 0.2) is 0 Å². The van der Waals surface area contributed by atoms with E-state index in [1.807, 2.05) is 43.3 Å². The molecule has 94 valence electrons. The van der Waals surface area contributed by atoms with Crippen molar-refractivity contribution in [3.05, 3.63) is 51.4 Å². The molecular weight excluding hydrogens is 337 g/mol. The second-order valence-electron chi connectivity index (χ2n) is 4.34. The molecule has 0 atom stereocenters. The van der Waals surface area contributed by atoms with Gasteiger partial charge >= 0.3 is 0 Å². The minimum absolute atomic E-state index is 0.793. The van der Waals surface area contributed by atoms with Gasteiger partial charge in [0.2, 0.25) is 0 Å². The standard InChI is InChI=1S/C14H16IN3/c1-10-4-3-5-12(17-10)9-18(2)14-7-6-11(16)8-13(14)15/h3-8H,9,16H2,1-2H3. The van der Waals surface area contributed by atoms with Gasteiger partial charge in [-0.05, 0) is 59.8 Å². The van der Waals surface area contributed by atoms with Crippen LogP contribution in [-0.4, -0.2) is 12.0 Å². The molecule has 0 unspecified atom stereocenters. The Morgan fingerprint density at radius 3 is 2.72 bits per heavy atom. The number of benzene rings is 1. The van der Waals surface area contributed by atoms with Crippen molar-refractivity contribution < 1.29 is 0 Å². The number of hydrogen-bond acceptors (Lipinski definition) is 3. The third kappa shape index (κ3) is 3.13. The van der Waals surface area contributed by atoms with Crippen LogP contribution >= 0.6 is 22.6 Å². The topological polar surface area (TPSA) is 42.1 Å². The molecule has 0 radical (unpaired) electrons. The van der Waals surface area contributed by atoms with Crippen LogP contribution < -0.4 is 10.6 Å². The number of rotatable bonds is 3. The molecule has 0 spiro atoms. The fourth-order valence-corrected chi connectivity index (χ4v) is 2.80. The van der Waals surface area contributed by atoms with E-state index in [4.69, 9.17) is 5.73 Å². The number of aromatic nitrogens is 1. The average molecular weight is 353 g/mol. The lowest BCUT2D eigenvalue weighted by Gasteiger charge is -2.20. The zero-order valence-corrected chi connectivity index (χ0v) is 12.7. The summed E-state index contributed by atoms with van der Waals surface area (Å²) in [5, 5.41) is 0. The van der Waals surface area contributed by atoms with Crippen molar-refractivity contribution in [3.63, 3.8) is 0 Å². The monoisotopic (exact) mass is 353 g/mol. The Bertz CT molecular complexity index is 554. The minimum Gasteiger partial charge on any atom is -0.399 e. The zero-order chi connectivity index (χ0) is 13.1. The second-order valence-corrected chi connectivity index (χ2v) is 5.50. The van der Waals surface area contributed by atoms with Crippen molar-refractivity contribution >= 4 is 34.0 Å². The Hall–Kier alpha value is -1.30. The van der Waals surface area contributed by atoms with Crippen LogP contribution in [-0.2, 0) is 6.54 Å². The minimum atomic E-state index is 0.793. The highest BCUT2D eigenvalue weighted by Gasteiger charge is 2.07. The van der Waals surface area contributed by atoms with E-state index in [9.17, 15) is 0 Å². The van der Waals surface area contributed by atoms with E-state index in [2.05, 4.69) is 39.5 Å². The molecule has 18 heavy (non-hydrogen) atoms. The van der Waals surface area contributed by atoms with Crippen LogP contribution in [0.2, 0.25) is 0 Å². The number of nitrogen functional groups attached to an aromatic ring is 1. The summed E-state index contributed by atoms with van der Waals surface area (Å²) in [6.07, 6.45) is 0. The van der Waals surface area contributed by atoms with Crippen LogP contribution in [0.1, 0.15) is 11.4 Å². The van der Waals surface area contributed by atoms with E-state index in [1.165, 1.54) is 5.69 Å². The molecular formula is C14H16IN3. The van der Waals surface area contributed by atoms with Crippen molar-refractivity contribution in [3.8, 4) is 0 Å². The first-order valence-electron chi connectivity index (χ1n) is 5.75. The largest absolute Gasteiger partial charge is 0.399 e. The first-order valence-corrected chi connectivity index (χ1v) is 6.83. The molecule has 1 aromatic heterocycles. The van der Waals surface area contributed by atoms with E-state index in [-0.39, 0.29) is 0 Å². The Labute approximate surface area is 121 Å². The van der Waals surface area contributed by atoms with Crippen LogP contribution in [0.4, 0.5) is 11.4 Å². The van der Waals surface area contributed by atoms with Gasteiger partial charge in [-0.3, -0.25) is 4.98 Å². The molecule has 0 amide bonds. The molecule has 3 nitrogen and oxygen atoms in total. The summed E-state index contributed by atoms with van der Waals surface area (Å²) in [5.41, 5.74) is 9.86. The quantitative estimate of drug-likeness (QED) is 0.681. The fraction of sp³-hybridized carbons (Fsp3) is 0.214. The average Bonchev–Trinajstić information content (AvgIpc) is 2.28. The molecule has 1 heterocycles. The number of aryl methyl sites for hydroxylation is 1. The summed E-state index contributed by atoms with van der Waals surface area (Å²) < 4.78 is 1.16. The predicted octanol–water partition coefficient (Wildman–Crippen LogP) is 3.21. The molecule has 4 heteroatoms. The van der Waals surface area contributed by atoms with Crippen molar-refractivity contribution in [2.24, 2.45) is 0 Å². The number of anilines is 2. The molecule has 0 saturated heterocycles. The summed E-state index contributed by atoms with van der Waals surface area (Å²) >= 11 is 2.31. The van der Waals surface area contributed by atoms with Crippen LogP contribution in [0.25, 0.3) is 0 Å². The smallest absolute Gasteiger partial charge is 0.0600 e. The second kappa shape index (κ2) is 5.56. The number of nitrogens with two attached hydrogens (primary N) is 1. The van der Waals surface area contributed by atoms with Crippen LogP contribution in [0, 0.1) is 10.5 Å². The first-order chi connectivity index (χ1) is 8.56. The van der Waals surface area contributed by atoms with E-state index in [0.717, 1.165) is 27.2 Å². The Morgan fingerprint density at radius 1 is 1.28 bits per heavy atom. The van der Waals surface area contributed by atoms with Crippen molar-refractivity contribution in [2.75, 3.05) is 17.7 Å². The summed E-state index contributed by atoms with van der Waals surface area (Å²) in [5.74, 6) is 0. The molecule has 1 aromatic carbocycles. The lowest BCUT2D eigenvalue weighted by molar-refractivity contribution is 0.874. The van der Waals surface area contributed by atoms with E-state index >= 15 is 0 Å². The van der Waals surface area contributed by atoms with Gasteiger partial charge in [0.1, 0.15) is 0 Å². The van der Waals surface area contributed by atoms with Crippen molar-refractivity contribution in [1.29, 1.82) is 0 Å². The maximum absolute atomic E-state index is 5.76. The normalized spacial score (nSPS) is 10.4. The van der Waals surface area contributed by atoms with E-state index < -0.39 is 0 Å². The maximum atomic E-state index is 5.76. The van der Waals surface area contributed by atoms with Gasteiger partial charge in [-0.15, -0.1) is 0 Å². The molecule has 0 bridgehead atoms. The Morgan fingerprint density at radius 2 is 2.06 bits per heavy atom. The summed E-state index contributed by atoms with van der Waals surface area (Å²) in [4.78, 5) is 6.70. The highest BCUT2D eigenvalue weighted by molar-refractivity contribution is 14.1. The number of hydrogen-bond donors (Lipinski definition) is 1. The third-order valence-corrected chi connectivity index (χ3v) is 3.59. The van der Waals surface area contributed by atoms with Gasteiger partial charge in [0.25, 0.3) is 0 Å². The predicted molar refractivity (Wildman–Crippen MR) is 84.7 cm³/mol. The van der Waals surface area contributed by atoms with Gasteiger partial charge in [0, 0.05) is 22.0 Å². The van der Waals surface area contributed by atoms with Crippen LogP contribution in [0.3, 0.4) is 0 Å². The van der Waals surface area contributed by atoms with Gasteiger partial charge in [-0.25, -0.2) is 0 Å². The van der Waals surface area contributed by atoms with Gasteiger partial charge < -0.3 is 10.6 Å². The molecule has 0 aliphatic heterocycles. The lowest BCUT2D eigenvalue weighted by atomic mass is 10.2. The highest BCUT2D eigenvalue weighted by atomic mass is 127. The molecule has 0 aliphatic rings. The molecule has 0 fully saturated rings. The van der Waals surface area contributed by atoms with Crippen LogP contribution in [0.5, 0.6) is 0 Å². The third-order valence-electron chi connectivity index (χ3n) is 2.73. The highest BCUT2D eigenvalue weighted by Crippen LogP contribution is 2.24. The van der Waals surface area contributed by atoms with Gasteiger partial charge in [-0.2, -0.15) is 0 Å². The summed E-state index contributed by atoms with van der Waals surface area (Å²) in [7, 11) is 2.07. The molecule has 2 rings (SSSR count). The van der Waals surface area contributed by atoms with Gasteiger partial charge in [0.05, 0.1) is 17.9 Å². The number of pyridine rings is 1. The van der Waals surface area contributed by atoms with Gasteiger partial charge in [-0.1, -0.05) is 6.07 Å². The van der Waals surface area contributed by atoms with E-state index in [0.29, 0.717) is 0 Å². The van der Waals surface area contributed by atoms with Crippen molar-refractivity contribution in [1.82, 2.24) is 4.98 Å². The summed E-state index contributed by atoms with van der Waals surface area (Å²) in [6.45, 7) is 2.80. The number of halogens is 1. The Kier molecular flexibility index (Phi) is 4.06. The summed E-state index contributed by atoms with van der Waals surface area (Å²) in [6, 6.07) is 12.1. The van der Waals surface area contributed by atoms with Crippen molar-refractivity contribution in [2.45, 2.75) is 13.5 Å².